The van der Waals surface area contributed by atoms with Crippen LogP contribution in [-0.4, -0.2) is 15.8 Å². The number of hydrogen-bond donors (Lipinski definition) is 1. The van der Waals surface area contributed by atoms with Crippen LogP contribution < -0.4 is 5.32 Å². The molecule has 0 spiro atoms. The summed E-state index contributed by atoms with van der Waals surface area (Å²) in [6.07, 6.45) is 8.60. The summed E-state index contributed by atoms with van der Waals surface area (Å²) in [5.74, 6) is 1.54. The summed E-state index contributed by atoms with van der Waals surface area (Å²) < 4.78 is 5.14. The lowest BCUT2D eigenvalue weighted by Gasteiger charge is -2.59. The highest BCUT2D eigenvalue weighted by Gasteiger charge is 2.58. The minimum Gasteiger partial charge on any atom is -0.459 e. The van der Waals surface area contributed by atoms with Crippen LogP contribution in [-0.2, 0) is 5.41 Å². The Morgan fingerprint density at radius 1 is 1.33 bits per heavy atom. The molecule has 1 N–H and O–H groups in total. The molecule has 6 heteroatoms. The smallest absolute Gasteiger partial charge is 0.293 e. The van der Waals surface area contributed by atoms with Crippen LogP contribution in [0.5, 0.6) is 0 Å². The molecule has 4 nitrogen and oxygen atoms in total. The quantitative estimate of drug-likeness (QED) is 0.796. The fraction of sp³-hybridized carbons (Fsp3) is 0.556. The number of nitrogens with zero attached hydrogens (tertiary/aromatic N) is 1. The van der Waals surface area contributed by atoms with Gasteiger partial charge in [-0.2, -0.15) is 0 Å². The van der Waals surface area contributed by atoms with Crippen molar-refractivity contribution in [3.63, 3.8) is 0 Å². The van der Waals surface area contributed by atoms with Gasteiger partial charge >= 0.3 is 0 Å². The fourth-order valence-electron chi connectivity index (χ4n) is 5.59. The van der Waals surface area contributed by atoms with Crippen LogP contribution in [0.3, 0.4) is 0 Å². The molecule has 0 saturated heterocycles. The van der Waals surface area contributed by atoms with E-state index in [1.54, 1.807) is 12.1 Å². The van der Waals surface area contributed by atoms with Gasteiger partial charge in [-0.3, -0.25) is 10.1 Å². The van der Waals surface area contributed by atoms with E-state index in [0.29, 0.717) is 10.9 Å². The Labute approximate surface area is 149 Å². The molecule has 1 amide bonds. The van der Waals surface area contributed by atoms with Gasteiger partial charge in [0.25, 0.3) is 5.91 Å². The summed E-state index contributed by atoms with van der Waals surface area (Å²) in [5, 5.41) is 5.61. The van der Waals surface area contributed by atoms with Crippen LogP contribution in [0.15, 0.2) is 28.2 Å². The highest BCUT2D eigenvalue weighted by atomic mass is 35.5. The van der Waals surface area contributed by atoms with Gasteiger partial charge in [-0.1, -0.05) is 0 Å². The average molecular weight is 363 g/mol. The molecule has 4 fully saturated rings. The second kappa shape index (κ2) is 5.09. The number of nitrogens with one attached hydrogen (secondary N) is 1. The molecule has 2 aromatic heterocycles. The van der Waals surface area contributed by atoms with Crippen molar-refractivity contribution in [2.75, 3.05) is 5.32 Å². The van der Waals surface area contributed by atoms with Gasteiger partial charge in [0.1, 0.15) is 0 Å². The number of rotatable bonds is 3. The number of carbonyl (C=O) groups excluding carboxylic acids is 1. The minimum absolute atomic E-state index is 0.0225. The molecule has 24 heavy (non-hydrogen) atoms. The molecule has 4 aliphatic rings. The Morgan fingerprint density at radius 3 is 2.79 bits per heavy atom. The summed E-state index contributed by atoms with van der Waals surface area (Å²) in [6, 6.07) is 3.36. The number of hydrogen-bond acceptors (Lipinski definition) is 4. The second-order valence-corrected chi connectivity index (χ2v) is 9.52. The largest absolute Gasteiger partial charge is 0.459 e. The molecular weight excluding hydrogens is 344 g/mol. The van der Waals surface area contributed by atoms with Gasteiger partial charge in [-0.25, -0.2) is 4.98 Å². The highest BCUT2D eigenvalue weighted by molar-refractivity contribution is 7.14. The third-order valence-corrected chi connectivity index (χ3v) is 7.20. The second-order valence-electron chi connectivity index (χ2n) is 7.86. The van der Waals surface area contributed by atoms with E-state index in [-0.39, 0.29) is 16.2 Å². The number of alkyl halides is 1. The van der Waals surface area contributed by atoms with Crippen molar-refractivity contribution in [2.24, 2.45) is 11.8 Å². The Kier molecular flexibility index (Phi) is 3.17. The lowest BCUT2D eigenvalue weighted by molar-refractivity contribution is 0.00720. The molecule has 0 unspecified atom stereocenters. The van der Waals surface area contributed by atoms with E-state index in [2.05, 4.69) is 10.7 Å². The minimum atomic E-state index is -0.250. The van der Waals surface area contributed by atoms with Crippen LogP contribution >= 0.6 is 22.9 Å². The van der Waals surface area contributed by atoms with Gasteiger partial charge in [0.15, 0.2) is 10.9 Å². The van der Waals surface area contributed by atoms with E-state index in [1.807, 2.05) is 0 Å². The van der Waals surface area contributed by atoms with Crippen LogP contribution in [0.4, 0.5) is 5.13 Å². The van der Waals surface area contributed by atoms with Crippen molar-refractivity contribution < 1.29 is 9.21 Å². The number of furan rings is 1. The van der Waals surface area contributed by atoms with Crippen molar-refractivity contribution in [2.45, 2.75) is 48.8 Å². The predicted octanol–water partition coefficient (Wildman–Crippen LogP) is 4.82. The van der Waals surface area contributed by atoms with Crippen molar-refractivity contribution >= 4 is 34.0 Å². The summed E-state index contributed by atoms with van der Waals surface area (Å²) in [7, 11) is 0. The van der Waals surface area contributed by atoms with Crippen LogP contribution in [0.25, 0.3) is 0 Å². The zero-order valence-electron chi connectivity index (χ0n) is 13.3. The zero-order chi connectivity index (χ0) is 16.4. The number of aromatic nitrogens is 1. The zero-order valence-corrected chi connectivity index (χ0v) is 14.8. The Balaban J connectivity index is 1.40. The third-order valence-electron chi connectivity index (χ3n) is 6.00. The number of carbonyl (C=O) groups is 1. The molecule has 2 heterocycles. The van der Waals surface area contributed by atoms with E-state index < -0.39 is 0 Å². The number of amides is 1. The van der Waals surface area contributed by atoms with Crippen molar-refractivity contribution in [1.29, 1.82) is 0 Å². The Morgan fingerprint density at radius 2 is 2.12 bits per heavy atom. The molecule has 2 atom stereocenters. The molecule has 2 aromatic rings. The number of anilines is 1. The van der Waals surface area contributed by atoms with Crippen molar-refractivity contribution in [1.82, 2.24) is 4.98 Å². The SMILES string of the molecule is O=C(Nc1nc(C23C[C@@H]4C[C@H](CC(Cl)(C4)C2)C3)cs1)c1ccco1. The molecule has 0 aromatic carbocycles. The van der Waals surface area contributed by atoms with E-state index in [9.17, 15) is 4.79 Å². The molecular formula is C18H19ClN2O2S. The lowest BCUT2D eigenvalue weighted by atomic mass is 9.48. The molecule has 4 aliphatic carbocycles. The monoisotopic (exact) mass is 362 g/mol. The van der Waals surface area contributed by atoms with Gasteiger partial charge in [0, 0.05) is 15.7 Å². The van der Waals surface area contributed by atoms with Gasteiger partial charge < -0.3 is 4.42 Å². The first-order valence-corrected chi connectivity index (χ1v) is 9.79. The number of thiazole rings is 1. The molecule has 126 valence electrons. The van der Waals surface area contributed by atoms with Crippen LogP contribution in [0.2, 0.25) is 0 Å². The molecule has 6 rings (SSSR count). The predicted molar refractivity (Wildman–Crippen MR) is 93.7 cm³/mol. The number of halogens is 1. The van der Waals surface area contributed by atoms with E-state index in [0.717, 1.165) is 24.0 Å². The summed E-state index contributed by atoms with van der Waals surface area (Å²) in [4.78, 5) is 16.9. The van der Waals surface area contributed by atoms with Gasteiger partial charge in [-0.05, 0) is 62.5 Å². The van der Waals surface area contributed by atoms with E-state index >= 15 is 0 Å². The first-order chi connectivity index (χ1) is 11.5. The fourth-order valence-corrected chi connectivity index (χ4v) is 7.11. The van der Waals surface area contributed by atoms with Crippen molar-refractivity contribution in [3.05, 3.63) is 35.2 Å². The standard InChI is InChI=1S/C18H19ClN2O2S/c19-18-7-11-4-12(8-18)6-17(5-11,10-18)14-9-24-16(20-14)21-15(22)13-2-1-3-23-13/h1-3,9,11-12H,4-8,10H2,(H,20,21,22)/t11-,12-,17?,18?/m0/s1. The van der Waals surface area contributed by atoms with Gasteiger partial charge in [-0.15, -0.1) is 22.9 Å². The third kappa shape index (κ3) is 2.32. The van der Waals surface area contributed by atoms with Crippen molar-refractivity contribution in [3.8, 4) is 0 Å². The molecule has 0 radical (unpaired) electrons. The first kappa shape index (κ1) is 15.0. The van der Waals surface area contributed by atoms with Gasteiger partial charge in [0.2, 0.25) is 0 Å². The summed E-state index contributed by atoms with van der Waals surface area (Å²) >= 11 is 8.42. The van der Waals surface area contributed by atoms with Crippen LogP contribution in [0, 0.1) is 11.8 Å². The molecule has 4 saturated carbocycles. The lowest BCUT2D eigenvalue weighted by Crippen LogP contribution is -2.55. The topological polar surface area (TPSA) is 55.1 Å². The Hall–Kier alpha value is -1.33. The molecule has 0 aliphatic heterocycles. The maximum atomic E-state index is 12.1. The van der Waals surface area contributed by atoms with Crippen LogP contribution in [0.1, 0.15) is 54.8 Å². The average Bonchev–Trinajstić information content (AvgIpc) is 3.16. The van der Waals surface area contributed by atoms with E-state index in [4.69, 9.17) is 21.0 Å². The maximum Gasteiger partial charge on any atom is 0.293 e. The molecule has 4 bridgehead atoms. The highest BCUT2D eigenvalue weighted by Crippen LogP contribution is 2.64. The first-order valence-electron chi connectivity index (χ1n) is 8.53. The maximum absolute atomic E-state index is 12.1. The summed E-state index contributed by atoms with van der Waals surface area (Å²) in [5.41, 5.74) is 1.25. The summed E-state index contributed by atoms with van der Waals surface area (Å²) in [6.45, 7) is 0. The Bertz CT molecular complexity index is 771. The normalized spacial score (nSPS) is 36.9. The van der Waals surface area contributed by atoms with E-state index in [1.165, 1.54) is 49.7 Å². The van der Waals surface area contributed by atoms with Gasteiger partial charge in [0.05, 0.1) is 12.0 Å².